The van der Waals surface area contributed by atoms with Gasteiger partial charge in [-0.05, 0) is 23.8 Å². The van der Waals surface area contributed by atoms with Crippen molar-refractivity contribution in [3.05, 3.63) is 36.0 Å². The molecule has 8 nitrogen and oxygen atoms in total. The number of halogens is 3. The normalized spacial score (nSPS) is 27.7. The fourth-order valence-corrected chi connectivity index (χ4v) is 5.70. The Morgan fingerprint density at radius 1 is 1.19 bits per heavy atom. The molecule has 3 aliphatic heterocycles. The molecule has 4 aliphatic rings. The number of rotatable bonds is 3. The van der Waals surface area contributed by atoms with E-state index in [-0.39, 0.29) is 31.5 Å². The topological polar surface area (TPSA) is 68.7 Å². The highest BCUT2D eigenvalue weighted by Crippen LogP contribution is 2.51. The number of hydrogen-bond donors (Lipinski definition) is 0. The second kappa shape index (κ2) is 8.03. The predicted molar refractivity (Wildman–Crippen MR) is 121 cm³/mol. The largest absolute Gasteiger partial charge is 0.378 e. The highest BCUT2D eigenvalue weighted by molar-refractivity contribution is 7.94. The molecule has 1 saturated heterocycles. The summed E-state index contributed by atoms with van der Waals surface area (Å²) >= 11 is 0. The van der Waals surface area contributed by atoms with Gasteiger partial charge >= 0.3 is 10.2 Å². The molecule has 0 aromatic heterocycles. The highest BCUT2D eigenvalue weighted by Gasteiger charge is 2.59. The van der Waals surface area contributed by atoms with Crippen molar-refractivity contribution in [3.8, 4) is 0 Å². The summed E-state index contributed by atoms with van der Waals surface area (Å²) in [6, 6.07) is 5.31. The second-order valence-corrected chi connectivity index (χ2v) is 10.2. The third-order valence-electron chi connectivity index (χ3n) is 6.31. The van der Waals surface area contributed by atoms with Crippen LogP contribution in [-0.4, -0.2) is 76.9 Å². The third-order valence-corrected chi connectivity index (χ3v) is 8.10. The van der Waals surface area contributed by atoms with Crippen molar-refractivity contribution in [2.75, 3.05) is 55.6 Å². The van der Waals surface area contributed by atoms with Crippen molar-refractivity contribution in [2.24, 2.45) is 10.9 Å². The first-order valence-electron chi connectivity index (χ1n) is 10.3. The van der Waals surface area contributed by atoms with Gasteiger partial charge in [0, 0.05) is 52.3 Å². The molecule has 0 radical (unpaired) electrons. The van der Waals surface area contributed by atoms with Gasteiger partial charge in [-0.15, -0.1) is 12.4 Å². The molecule has 1 aliphatic carbocycles. The molecule has 2 fully saturated rings. The van der Waals surface area contributed by atoms with E-state index in [4.69, 9.17) is 9.73 Å². The van der Waals surface area contributed by atoms with Gasteiger partial charge in [-0.25, -0.2) is 13.8 Å². The molecule has 12 heteroatoms. The summed E-state index contributed by atoms with van der Waals surface area (Å²) in [6.07, 6.45) is 3.33. The lowest BCUT2D eigenvalue weighted by Gasteiger charge is -2.34. The zero-order chi connectivity index (χ0) is 22.0. The van der Waals surface area contributed by atoms with Crippen LogP contribution in [0.25, 0.3) is 0 Å². The summed E-state index contributed by atoms with van der Waals surface area (Å²) in [5.74, 6) is -2.85. The standard InChI is InChI=1S/C20H25F2N5O3S.ClH/c1-24-6-5-18(26-7-9-30-10-8-26)23-19(24)14-3-4-16-17(11-14)25(2)31(28,29)27(16)13-15-12-20(15,21)22;/h3-6,11,15,19H,7-10,12-13H2,1-2H3;1H. The number of alkyl halides is 2. The summed E-state index contributed by atoms with van der Waals surface area (Å²) in [7, 11) is -0.504. The number of hydrogen-bond acceptors (Lipinski definition) is 6. The van der Waals surface area contributed by atoms with E-state index in [9.17, 15) is 17.2 Å². The summed E-state index contributed by atoms with van der Waals surface area (Å²) in [4.78, 5) is 9.01. The van der Waals surface area contributed by atoms with Gasteiger partial charge in [0.25, 0.3) is 5.92 Å². The fraction of sp³-hybridized carbons (Fsp3) is 0.550. The van der Waals surface area contributed by atoms with E-state index in [0.29, 0.717) is 24.6 Å². The van der Waals surface area contributed by atoms with Gasteiger partial charge in [-0.1, -0.05) is 6.07 Å². The van der Waals surface area contributed by atoms with Crippen LogP contribution in [0.5, 0.6) is 0 Å². The first-order chi connectivity index (χ1) is 14.7. The second-order valence-electron chi connectivity index (χ2n) is 8.36. The lowest BCUT2D eigenvalue weighted by atomic mass is 10.1. The number of benzene rings is 1. The van der Waals surface area contributed by atoms with Crippen molar-refractivity contribution in [3.63, 3.8) is 0 Å². The molecule has 32 heavy (non-hydrogen) atoms. The van der Waals surface area contributed by atoms with Gasteiger partial charge in [0.1, 0.15) is 12.0 Å². The molecule has 0 spiro atoms. The Morgan fingerprint density at radius 2 is 1.88 bits per heavy atom. The minimum absolute atomic E-state index is 0. The summed E-state index contributed by atoms with van der Waals surface area (Å²) in [5.41, 5.74) is 1.74. The number of nitrogens with zero attached hydrogens (tertiary/aromatic N) is 5. The summed E-state index contributed by atoms with van der Waals surface area (Å²) in [6.45, 7) is 2.64. The van der Waals surface area contributed by atoms with Crippen LogP contribution in [0.1, 0.15) is 18.2 Å². The Labute approximate surface area is 192 Å². The van der Waals surface area contributed by atoms with Gasteiger partial charge in [0.2, 0.25) is 0 Å². The first kappa shape index (κ1) is 23.1. The molecule has 3 heterocycles. The number of ether oxygens (including phenoxy) is 1. The van der Waals surface area contributed by atoms with Crippen molar-refractivity contribution >= 4 is 39.8 Å². The molecule has 0 N–H and O–H groups in total. The average molecular weight is 490 g/mol. The van der Waals surface area contributed by atoms with E-state index < -0.39 is 22.0 Å². The lowest BCUT2D eigenvalue weighted by Crippen LogP contribution is -2.41. The van der Waals surface area contributed by atoms with Crippen molar-refractivity contribution in [1.29, 1.82) is 0 Å². The average Bonchev–Trinajstić information content (AvgIpc) is 3.32. The van der Waals surface area contributed by atoms with E-state index in [2.05, 4.69) is 4.90 Å². The van der Waals surface area contributed by atoms with Crippen molar-refractivity contribution < 1.29 is 21.9 Å². The van der Waals surface area contributed by atoms with Crippen LogP contribution in [-0.2, 0) is 14.9 Å². The van der Waals surface area contributed by atoms with Gasteiger partial charge in [-0.3, -0.25) is 8.61 Å². The molecular weight excluding hydrogens is 464 g/mol. The first-order valence-corrected chi connectivity index (χ1v) is 11.7. The van der Waals surface area contributed by atoms with Crippen LogP contribution in [0.3, 0.4) is 0 Å². The van der Waals surface area contributed by atoms with Gasteiger partial charge in [0.15, 0.2) is 0 Å². The van der Waals surface area contributed by atoms with Crippen LogP contribution in [0.4, 0.5) is 20.2 Å². The van der Waals surface area contributed by atoms with Gasteiger partial charge in [-0.2, -0.15) is 8.42 Å². The highest BCUT2D eigenvalue weighted by atomic mass is 35.5. The lowest BCUT2D eigenvalue weighted by molar-refractivity contribution is 0.0677. The minimum atomic E-state index is -3.87. The Balaban J connectivity index is 0.00000245. The minimum Gasteiger partial charge on any atom is -0.378 e. The van der Waals surface area contributed by atoms with Crippen molar-refractivity contribution in [2.45, 2.75) is 18.5 Å². The Hall–Kier alpha value is -2.11. The molecule has 2 unspecified atom stereocenters. The maximum absolute atomic E-state index is 13.4. The van der Waals surface area contributed by atoms with Gasteiger partial charge in [0.05, 0.1) is 24.6 Å². The Bertz CT molecular complexity index is 1060. The monoisotopic (exact) mass is 489 g/mol. The van der Waals surface area contributed by atoms with Crippen LogP contribution < -0.4 is 8.61 Å². The summed E-state index contributed by atoms with van der Waals surface area (Å²) in [5, 5.41) is 0. The van der Waals surface area contributed by atoms with Crippen LogP contribution >= 0.6 is 12.4 Å². The van der Waals surface area contributed by atoms with E-state index >= 15 is 0 Å². The zero-order valence-electron chi connectivity index (χ0n) is 17.8. The molecule has 1 saturated carbocycles. The number of aliphatic imine (C=N–C) groups is 1. The molecule has 1 aromatic carbocycles. The smallest absolute Gasteiger partial charge is 0.326 e. The SMILES string of the molecule is CN1C=CC(N2CCOCC2)=NC1c1ccc2c(c1)N(C)S(=O)(=O)N2CC1CC1(F)F.Cl. The van der Waals surface area contributed by atoms with E-state index in [1.54, 1.807) is 12.1 Å². The molecule has 0 bridgehead atoms. The molecule has 176 valence electrons. The van der Waals surface area contributed by atoms with E-state index in [0.717, 1.165) is 33.1 Å². The van der Waals surface area contributed by atoms with Crippen LogP contribution in [0.15, 0.2) is 35.5 Å². The molecular formula is C20H26ClF2N5O3S. The third kappa shape index (κ3) is 3.80. The molecule has 2 atom stereocenters. The maximum atomic E-state index is 13.4. The van der Waals surface area contributed by atoms with E-state index in [1.165, 1.54) is 7.05 Å². The fourth-order valence-electron chi connectivity index (χ4n) is 4.24. The number of anilines is 2. The van der Waals surface area contributed by atoms with Crippen LogP contribution in [0.2, 0.25) is 0 Å². The number of morpholine rings is 1. The summed E-state index contributed by atoms with van der Waals surface area (Å²) < 4.78 is 60.3. The number of fused-ring (bicyclic) bond motifs is 1. The Kier molecular flexibility index (Phi) is 5.79. The zero-order valence-corrected chi connectivity index (χ0v) is 19.5. The number of amidine groups is 1. The van der Waals surface area contributed by atoms with Crippen LogP contribution in [0, 0.1) is 5.92 Å². The quantitative estimate of drug-likeness (QED) is 0.652. The molecule has 0 amide bonds. The molecule has 5 rings (SSSR count). The Morgan fingerprint density at radius 3 is 2.53 bits per heavy atom. The van der Waals surface area contributed by atoms with Crippen molar-refractivity contribution in [1.82, 2.24) is 9.80 Å². The maximum Gasteiger partial charge on any atom is 0.326 e. The molecule has 1 aromatic rings. The van der Waals surface area contributed by atoms with Gasteiger partial charge < -0.3 is 14.5 Å². The predicted octanol–water partition coefficient (Wildman–Crippen LogP) is 2.45. The van der Waals surface area contributed by atoms with E-state index in [1.807, 2.05) is 30.3 Å².